The third-order valence-corrected chi connectivity index (χ3v) is 8.02. The van der Waals surface area contributed by atoms with Gasteiger partial charge in [0.25, 0.3) is 0 Å². The molecule has 0 aromatic carbocycles. The average molecular weight is 490 g/mol. The van der Waals surface area contributed by atoms with E-state index in [0.29, 0.717) is 50.1 Å². The number of piperazine rings is 1. The Bertz CT molecular complexity index is 1140. The van der Waals surface area contributed by atoms with Crippen molar-refractivity contribution in [2.75, 3.05) is 44.2 Å². The summed E-state index contributed by atoms with van der Waals surface area (Å²) in [6, 6.07) is 2.54. The zero-order valence-electron chi connectivity index (χ0n) is 21.1. The second-order valence-corrected chi connectivity index (χ2v) is 10.5. The summed E-state index contributed by atoms with van der Waals surface area (Å²) in [5.74, 6) is 1.52. The Morgan fingerprint density at radius 2 is 2.03 bits per heavy atom. The Kier molecular flexibility index (Phi) is 6.85. The summed E-state index contributed by atoms with van der Waals surface area (Å²) in [6.07, 6.45) is 8.88. The first-order valence-corrected chi connectivity index (χ1v) is 13.2. The van der Waals surface area contributed by atoms with E-state index >= 15 is 0 Å². The lowest BCUT2D eigenvalue weighted by atomic mass is 9.90. The van der Waals surface area contributed by atoms with Gasteiger partial charge in [-0.2, -0.15) is 5.26 Å². The van der Waals surface area contributed by atoms with Crippen molar-refractivity contribution in [3.63, 3.8) is 0 Å². The number of aliphatic hydroxyl groups excluding tert-OH is 1. The molecule has 1 aromatic heterocycles. The van der Waals surface area contributed by atoms with Gasteiger partial charge >= 0.3 is 0 Å². The molecule has 8 heteroatoms. The smallest absolute Gasteiger partial charge is 0.246 e. The summed E-state index contributed by atoms with van der Waals surface area (Å²) < 4.78 is 0. The van der Waals surface area contributed by atoms with Crippen LogP contribution in [0.15, 0.2) is 18.7 Å². The van der Waals surface area contributed by atoms with Gasteiger partial charge in [-0.15, -0.1) is 0 Å². The van der Waals surface area contributed by atoms with E-state index in [-0.39, 0.29) is 30.9 Å². The maximum Gasteiger partial charge on any atom is 0.246 e. The Balaban J connectivity index is 1.50. The second-order valence-electron chi connectivity index (χ2n) is 10.5. The van der Waals surface area contributed by atoms with E-state index in [4.69, 9.17) is 4.98 Å². The molecule has 1 atom stereocenters. The first kappa shape index (κ1) is 24.5. The molecule has 4 aliphatic rings. The minimum atomic E-state index is -0.131. The predicted octanol–water partition coefficient (Wildman–Crippen LogP) is 2.75. The van der Waals surface area contributed by atoms with Gasteiger partial charge < -0.3 is 19.8 Å². The number of carbonyl (C=O) groups excluding carboxylic acids is 2. The number of carbonyl (C=O) groups is 2. The van der Waals surface area contributed by atoms with Crippen LogP contribution >= 0.6 is 0 Å². The molecule has 2 aliphatic heterocycles. The first-order valence-electron chi connectivity index (χ1n) is 13.2. The summed E-state index contributed by atoms with van der Waals surface area (Å²) in [5, 5.41) is 19.6. The van der Waals surface area contributed by atoms with Gasteiger partial charge in [0.05, 0.1) is 23.9 Å². The topological polar surface area (TPSA) is 101 Å². The molecule has 8 nitrogen and oxygen atoms in total. The molecular formula is C28H35N5O3. The highest BCUT2D eigenvalue weighted by Gasteiger charge is 2.42. The van der Waals surface area contributed by atoms with E-state index in [1.54, 1.807) is 4.90 Å². The van der Waals surface area contributed by atoms with Crippen molar-refractivity contribution < 1.29 is 14.7 Å². The van der Waals surface area contributed by atoms with Crippen LogP contribution in [0.4, 0.5) is 5.82 Å². The first-order chi connectivity index (χ1) is 17.5. The fourth-order valence-electron chi connectivity index (χ4n) is 5.81. The van der Waals surface area contributed by atoms with E-state index in [0.717, 1.165) is 60.3 Å². The summed E-state index contributed by atoms with van der Waals surface area (Å²) in [4.78, 5) is 36.1. The number of rotatable bonds is 7. The van der Waals surface area contributed by atoms with Crippen LogP contribution < -0.4 is 4.90 Å². The minimum Gasteiger partial charge on any atom is -0.396 e. The zero-order chi connectivity index (χ0) is 25.4. The number of aliphatic hydroxyl groups is 1. The molecular weight excluding hydrogens is 454 g/mol. The van der Waals surface area contributed by atoms with Gasteiger partial charge in [-0.3, -0.25) is 9.59 Å². The fraction of sp³-hybridized carbons (Fsp3) is 0.571. The quantitative estimate of drug-likeness (QED) is 0.591. The number of hydrogen-bond acceptors (Lipinski definition) is 6. The number of aromatic nitrogens is 1. The van der Waals surface area contributed by atoms with E-state index in [9.17, 15) is 20.0 Å². The van der Waals surface area contributed by atoms with E-state index in [1.807, 2.05) is 11.8 Å². The van der Waals surface area contributed by atoms with Crippen LogP contribution in [0.1, 0.15) is 66.8 Å². The van der Waals surface area contributed by atoms with Crippen molar-refractivity contribution in [2.24, 2.45) is 5.92 Å². The van der Waals surface area contributed by atoms with Crippen LogP contribution in [0.5, 0.6) is 0 Å². The molecule has 5 rings (SSSR count). The average Bonchev–Trinajstić information content (AvgIpc) is 3.81. The van der Waals surface area contributed by atoms with Crippen molar-refractivity contribution in [3.8, 4) is 6.07 Å². The maximum atomic E-state index is 12.7. The predicted molar refractivity (Wildman–Crippen MR) is 137 cm³/mol. The summed E-state index contributed by atoms with van der Waals surface area (Å²) >= 11 is 0. The van der Waals surface area contributed by atoms with Crippen molar-refractivity contribution in [1.29, 1.82) is 5.26 Å². The van der Waals surface area contributed by atoms with Crippen LogP contribution in [0.25, 0.3) is 5.57 Å². The minimum absolute atomic E-state index is 0.00979. The molecule has 36 heavy (non-hydrogen) atoms. The normalized spacial score (nSPS) is 22.2. The highest BCUT2D eigenvalue weighted by Crippen LogP contribution is 2.46. The second kappa shape index (κ2) is 10.1. The molecule has 1 N–H and O–H groups in total. The highest BCUT2D eigenvalue weighted by molar-refractivity contribution is 5.89. The number of amides is 2. The van der Waals surface area contributed by atoms with Gasteiger partial charge in [0.2, 0.25) is 11.8 Å². The van der Waals surface area contributed by atoms with Gasteiger partial charge in [0.1, 0.15) is 11.9 Å². The van der Waals surface area contributed by atoms with Gasteiger partial charge in [-0.1, -0.05) is 12.7 Å². The molecule has 3 fully saturated rings. The fourth-order valence-corrected chi connectivity index (χ4v) is 5.81. The Hall–Kier alpha value is -3.18. The monoisotopic (exact) mass is 489 g/mol. The lowest BCUT2D eigenvalue weighted by Crippen LogP contribution is -2.56. The van der Waals surface area contributed by atoms with E-state index in [1.165, 1.54) is 6.08 Å². The van der Waals surface area contributed by atoms with Crippen LogP contribution in [0, 0.1) is 24.2 Å². The molecule has 1 saturated heterocycles. The molecule has 0 bridgehead atoms. The third-order valence-electron chi connectivity index (χ3n) is 8.02. The molecule has 2 saturated carbocycles. The van der Waals surface area contributed by atoms with E-state index in [2.05, 4.69) is 23.6 Å². The largest absolute Gasteiger partial charge is 0.396 e. The standard InChI is InChI=1S/C28H35N5O3/c1-3-24(35)31-11-4-5-21(16-31)26-18(2)22(15-29)28(30-27(26)20-8-9-20)32-12-13-33(25(36)10-14-34)23(17-32)19-6-7-19/h3,5,19-20,23,34H,1,4,6-14,16-17H2,2H3. The van der Waals surface area contributed by atoms with Crippen molar-refractivity contribution in [1.82, 2.24) is 14.8 Å². The van der Waals surface area contributed by atoms with Gasteiger partial charge in [-0.25, -0.2) is 4.98 Å². The highest BCUT2D eigenvalue weighted by atomic mass is 16.3. The van der Waals surface area contributed by atoms with E-state index < -0.39 is 0 Å². The van der Waals surface area contributed by atoms with Crippen molar-refractivity contribution in [2.45, 2.75) is 57.4 Å². The van der Waals surface area contributed by atoms with Crippen LogP contribution in [-0.2, 0) is 9.59 Å². The van der Waals surface area contributed by atoms with Crippen LogP contribution in [-0.4, -0.2) is 77.1 Å². The summed E-state index contributed by atoms with van der Waals surface area (Å²) in [7, 11) is 0. The molecule has 190 valence electrons. The lowest BCUT2D eigenvalue weighted by molar-refractivity contribution is -0.135. The lowest BCUT2D eigenvalue weighted by Gasteiger charge is -2.43. The Morgan fingerprint density at radius 3 is 2.67 bits per heavy atom. The molecule has 0 radical (unpaired) electrons. The molecule has 1 unspecified atom stereocenters. The number of anilines is 1. The van der Waals surface area contributed by atoms with Gasteiger partial charge in [0.15, 0.2) is 0 Å². The number of nitrogens with zero attached hydrogens (tertiary/aromatic N) is 5. The van der Waals surface area contributed by atoms with Crippen molar-refractivity contribution in [3.05, 3.63) is 41.1 Å². The molecule has 2 aliphatic carbocycles. The molecule has 2 amide bonds. The zero-order valence-corrected chi connectivity index (χ0v) is 21.1. The summed E-state index contributed by atoms with van der Waals surface area (Å²) in [5.41, 5.74) is 4.68. The molecule has 1 aromatic rings. The molecule has 3 heterocycles. The van der Waals surface area contributed by atoms with Crippen molar-refractivity contribution >= 4 is 23.2 Å². The van der Waals surface area contributed by atoms with Crippen LogP contribution in [0.2, 0.25) is 0 Å². The molecule has 0 spiro atoms. The SMILES string of the molecule is C=CC(=O)N1CCC=C(c2c(C3CC3)nc(N3CCN(C(=O)CCO)C(C4CC4)C3)c(C#N)c2C)C1. The third kappa shape index (κ3) is 4.64. The number of nitriles is 1. The van der Waals surface area contributed by atoms with Gasteiger partial charge in [-0.05, 0) is 62.2 Å². The number of pyridine rings is 1. The maximum absolute atomic E-state index is 12.7. The summed E-state index contributed by atoms with van der Waals surface area (Å²) in [6.45, 7) is 8.56. The van der Waals surface area contributed by atoms with Gasteiger partial charge in [0, 0.05) is 50.6 Å². The Morgan fingerprint density at radius 1 is 1.25 bits per heavy atom. The van der Waals surface area contributed by atoms with Crippen LogP contribution in [0.3, 0.4) is 0 Å². The Labute approximate surface area is 212 Å². The number of hydrogen-bond donors (Lipinski definition) is 1.